The number of hydrogen-bond donors (Lipinski definition) is 2. The van der Waals surface area contributed by atoms with Gasteiger partial charge in [-0.15, -0.1) is 0 Å². The summed E-state index contributed by atoms with van der Waals surface area (Å²) in [7, 11) is 0. The Morgan fingerprint density at radius 2 is 1.88 bits per heavy atom. The second-order valence-electron chi connectivity index (χ2n) is 4.76. The molecule has 1 saturated carbocycles. The summed E-state index contributed by atoms with van der Waals surface area (Å²) in [6.07, 6.45) is 4.73. The average Bonchev–Trinajstić information content (AvgIpc) is 2.35. The molecule has 0 saturated heterocycles. The first-order chi connectivity index (χ1) is 8.05. The molecule has 0 heterocycles. The van der Waals surface area contributed by atoms with Crippen LogP contribution >= 0.6 is 0 Å². The molecule has 98 valence electrons. The lowest BCUT2D eigenvalue weighted by Gasteiger charge is -2.38. The number of hydrogen-bond acceptors (Lipinski definition) is 3. The van der Waals surface area contributed by atoms with E-state index in [0.29, 0.717) is 13.1 Å². The van der Waals surface area contributed by atoms with Gasteiger partial charge in [-0.05, 0) is 19.8 Å². The van der Waals surface area contributed by atoms with Crippen molar-refractivity contribution in [3.8, 4) is 0 Å². The van der Waals surface area contributed by atoms with Crippen LogP contribution in [0.4, 0.5) is 0 Å². The number of nitrogens with zero attached hydrogens (tertiary/aromatic N) is 1. The van der Waals surface area contributed by atoms with Crippen LogP contribution in [0.1, 0.15) is 39.0 Å². The molecule has 0 aromatic heterocycles. The van der Waals surface area contributed by atoms with E-state index in [4.69, 9.17) is 10.8 Å². The van der Waals surface area contributed by atoms with E-state index in [1.165, 1.54) is 4.90 Å². The minimum Gasteiger partial charge on any atom is -0.480 e. The van der Waals surface area contributed by atoms with Crippen LogP contribution in [-0.2, 0) is 9.59 Å². The summed E-state index contributed by atoms with van der Waals surface area (Å²) < 4.78 is 0. The van der Waals surface area contributed by atoms with E-state index < -0.39 is 11.4 Å². The van der Waals surface area contributed by atoms with Crippen LogP contribution in [0.5, 0.6) is 0 Å². The van der Waals surface area contributed by atoms with Gasteiger partial charge in [0.05, 0.1) is 5.41 Å². The highest BCUT2D eigenvalue weighted by Crippen LogP contribution is 2.37. The normalized spacial score (nSPS) is 18.7. The summed E-state index contributed by atoms with van der Waals surface area (Å²) in [5.74, 6) is -1.05. The monoisotopic (exact) mass is 242 g/mol. The highest BCUT2D eigenvalue weighted by Gasteiger charge is 2.40. The Morgan fingerprint density at radius 1 is 1.29 bits per heavy atom. The zero-order chi connectivity index (χ0) is 12.9. The number of amides is 1. The maximum atomic E-state index is 12.4. The molecule has 1 aliphatic carbocycles. The number of aliphatic carboxylic acids is 1. The van der Waals surface area contributed by atoms with Crippen LogP contribution in [0.2, 0.25) is 0 Å². The number of carbonyl (C=O) groups excluding carboxylic acids is 1. The van der Waals surface area contributed by atoms with E-state index in [-0.39, 0.29) is 12.5 Å². The van der Waals surface area contributed by atoms with E-state index in [0.717, 1.165) is 32.1 Å². The summed E-state index contributed by atoms with van der Waals surface area (Å²) in [5, 5.41) is 8.79. The molecule has 5 heteroatoms. The molecule has 1 aliphatic rings. The van der Waals surface area contributed by atoms with E-state index in [2.05, 4.69) is 0 Å². The fourth-order valence-electron chi connectivity index (χ4n) is 2.56. The largest absolute Gasteiger partial charge is 0.480 e. The van der Waals surface area contributed by atoms with Crippen molar-refractivity contribution in [3.05, 3.63) is 0 Å². The van der Waals surface area contributed by atoms with Gasteiger partial charge in [0.1, 0.15) is 6.54 Å². The van der Waals surface area contributed by atoms with Crippen LogP contribution < -0.4 is 5.73 Å². The first-order valence-corrected chi connectivity index (χ1v) is 6.27. The molecule has 0 aliphatic heterocycles. The molecule has 1 fully saturated rings. The molecule has 1 rings (SSSR count). The Morgan fingerprint density at radius 3 is 2.29 bits per heavy atom. The number of rotatable bonds is 5. The molecule has 0 radical (unpaired) electrons. The SMILES string of the molecule is CCN(CC(=O)O)C(=O)C1(CN)CCCCC1. The average molecular weight is 242 g/mol. The molecule has 0 bridgehead atoms. The molecule has 0 aromatic carbocycles. The quantitative estimate of drug-likeness (QED) is 0.748. The third kappa shape index (κ3) is 3.19. The van der Waals surface area contributed by atoms with Crippen molar-refractivity contribution in [1.29, 1.82) is 0 Å². The van der Waals surface area contributed by atoms with E-state index in [9.17, 15) is 9.59 Å². The van der Waals surface area contributed by atoms with Crippen molar-refractivity contribution in [2.75, 3.05) is 19.6 Å². The van der Waals surface area contributed by atoms with Crippen molar-refractivity contribution in [2.24, 2.45) is 11.1 Å². The molecule has 5 nitrogen and oxygen atoms in total. The summed E-state index contributed by atoms with van der Waals surface area (Å²) in [6.45, 7) is 2.32. The van der Waals surface area contributed by atoms with Gasteiger partial charge in [0.25, 0.3) is 0 Å². The first-order valence-electron chi connectivity index (χ1n) is 6.27. The summed E-state index contributed by atoms with van der Waals surface area (Å²) >= 11 is 0. The van der Waals surface area contributed by atoms with Crippen LogP contribution in [-0.4, -0.2) is 41.5 Å². The molecule has 1 amide bonds. The fraction of sp³-hybridized carbons (Fsp3) is 0.833. The smallest absolute Gasteiger partial charge is 0.323 e. The molecular formula is C12H22N2O3. The van der Waals surface area contributed by atoms with Crippen LogP contribution in [0.3, 0.4) is 0 Å². The van der Waals surface area contributed by atoms with Gasteiger partial charge < -0.3 is 15.7 Å². The minimum absolute atomic E-state index is 0.0791. The summed E-state index contributed by atoms with van der Waals surface area (Å²) in [4.78, 5) is 24.5. The predicted octanol–water partition coefficient (Wildman–Crippen LogP) is 0.829. The maximum Gasteiger partial charge on any atom is 0.323 e. The van der Waals surface area contributed by atoms with Crippen molar-refractivity contribution < 1.29 is 14.7 Å². The van der Waals surface area contributed by atoms with E-state index in [1.54, 1.807) is 6.92 Å². The number of likely N-dealkylation sites (N-methyl/N-ethyl adjacent to an activating group) is 1. The molecule has 0 aromatic rings. The summed E-state index contributed by atoms with van der Waals surface area (Å²) in [6, 6.07) is 0. The van der Waals surface area contributed by atoms with Crippen molar-refractivity contribution in [2.45, 2.75) is 39.0 Å². The Bertz CT molecular complexity index is 285. The predicted molar refractivity (Wildman–Crippen MR) is 64.5 cm³/mol. The standard InChI is InChI=1S/C12H22N2O3/c1-2-14(8-10(15)16)11(17)12(9-13)6-4-3-5-7-12/h2-9,13H2,1H3,(H,15,16). The second kappa shape index (κ2) is 6.00. The van der Waals surface area contributed by atoms with Crippen LogP contribution in [0.15, 0.2) is 0 Å². The maximum absolute atomic E-state index is 12.4. The lowest BCUT2D eigenvalue weighted by molar-refractivity contribution is -0.150. The van der Waals surface area contributed by atoms with Crippen molar-refractivity contribution in [3.63, 3.8) is 0 Å². The number of carboxylic acid groups (broad SMARTS) is 1. The highest BCUT2D eigenvalue weighted by atomic mass is 16.4. The third-order valence-electron chi connectivity index (χ3n) is 3.65. The molecular weight excluding hydrogens is 220 g/mol. The first kappa shape index (κ1) is 14.0. The molecule has 0 unspecified atom stereocenters. The van der Waals surface area contributed by atoms with Gasteiger partial charge in [-0.1, -0.05) is 19.3 Å². The zero-order valence-corrected chi connectivity index (χ0v) is 10.4. The fourth-order valence-corrected chi connectivity index (χ4v) is 2.56. The zero-order valence-electron chi connectivity index (χ0n) is 10.4. The highest BCUT2D eigenvalue weighted by molar-refractivity contribution is 5.86. The minimum atomic E-state index is -0.969. The van der Waals surface area contributed by atoms with E-state index in [1.807, 2.05) is 0 Å². The van der Waals surface area contributed by atoms with E-state index >= 15 is 0 Å². The Hall–Kier alpha value is -1.10. The second-order valence-corrected chi connectivity index (χ2v) is 4.76. The third-order valence-corrected chi connectivity index (χ3v) is 3.65. The topological polar surface area (TPSA) is 83.6 Å². The lowest BCUT2D eigenvalue weighted by atomic mass is 9.73. The lowest BCUT2D eigenvalue weighted by Crippen LogP contribution is -2.50. The number of carbonyl (C=O) groups is 2. The number of carboxylic acids is 1. The molecule has 3 N–H and O–H groups in total. The Balaban J connectivity index is 2.78. The van der Waals surface area contributed by atoms with Gasteiger partial charge >= 0.3 is 5.97 Å². The van der Waals surface area contributed by atoms with Gasteiger partial charge in [0.15, 0.2) is 0 Å². The number of nitrogens with two attached hydrogens (primary N) is 1. The van der Waals surface area contributed by atoms with Gasteiger partial charge in [0, 0.05) is 13.1 Å². The Kier molecular flexibility index (Phi) is 4.93. The van der Waals surface area contributed by atoms with Crippen molar-refractivity contribution >= 4 is 11.9 Å². The van der Waals surface area contributed by atoms with Gasteiger partial charge in [-0.25, -0.2) is 0 Å². The van der Waals surface area contributed by atoms with Gasteiger partial charge in [-0.2, -0.15) is 0 Å². The van der Waals surface area contributed by atoms with Crippen LogP contribution in [0.25, 0.3) is 0 Å². The summed E-state index contributed by atoms with van der Waals surface area (Å²) in [5.41, 5.74) is 5.26. The molecule has 0 atom stereocenters. The van der Waals surface area contributed by atoms with Gasteiger partial charge in [0.2, 0.25) is 5.91 Å². The molecule has 0 spiro atoms. The molecule has 17 heavy (non-hydrogen) atoms. The van der Waals surface area contributed by atoms with Crippen molar-refractivity contribution in [1.82, 2.24) is 4.90 Å². The van der Waals surface area contributed by atoms with Crippen LogP contribution in [0, 0.1) is 5.41 Å². The van der Waals surface area contributed by atoms with Gasteiger partial charge in [-0.3, -0.25) is 9.59 Å². The Labute approximate surface area is 102 Å².